The third-order valence-electron chi connectivity index (χ3n) is 1.85. The second kappa shape index (κ2) is 4.89. The molecule has 0 nitrogen and oxygen atoms in total. The van der Waals surface area contributed by atoms with Crippen LogP contribution in [0.3, 0.4) is 0 Å². The molecule has 1 unspecified atom stereocenters. The van der Waals surface area contributed by atoms with Crippen LogP contribution in [0.4, 0.5) is 26.3 Å². The highest BCUT2D eigenvalue weighted by Gasteiger charge is 2.45. The average molecular weight is 222 g/mol. The zero-order valence-corrected chi connectivity index (χ0v) is 7.67. The minimum atomic E-state index is -4.75. The summed E-state index contributed by atoms with van der Waals surface area (Å²) in [5.74, 6) is -2.25. The van der Waals surface area contributed by atoms with Gasteiger partial charge in [-0.25, -0.2) is 0 Å². The first-order valence-corrected chi connectivity index (χ1v) is 4.30. The zero-order chi connectivity index (χ0) is 11.4. The monoisotopic (exact) mass is 222 g/mol. The Labute approximate surface area is 78.3 Å². The number of alkyl halides is 6. The van der Waals surface area contributed by atoms with Crippen molar-refractivity contribution < 1.29 is 26.3 Å². The molecule has 0 N–H and O–H groups in total. The van der Waals surface area contributed by atoms with Gasteiger partial charge >= 0.3 is 12.4 Å². The third-order valence-corrected chi connectivity index (χ3v) is 1.85. The van der Waals surface area contributed by atoms with Crippen molar-refractivity contribution >= 4 is 0 Å². The number of hydrogen-bond donors (Lipinski definition) is 0. The zero-order valence-electron chi connectivity index (χ0n) is 7.67. The summed E-state index contributed by atoms with van der Waals surface area (Å²) in [4.78, 5) is 0. The van der Waals surface area contributed by atoms with E-state index in [-0.39, 0.29) is 6.42 Å². The first kappa shape index (κ1) is 13.6. The average Bonchev–Trinajstić information content (AvgIpc) is 1.93. The normalized spacial score (nSPS) is 15.6. The van der Waals surface area contributed by atoms with E-state index in [0.717, 1.165) is 0 Å². The number of unbranched alkanes of at least 4 members (excludes halogenated alkanes) is 1. The van der Waals surface area contributed by atoms with Crippen LogP contribution in [0.5, 0.6) is 0 Å². The molecule has 0 heterocycles. The molecule has 14 heavy (non-hydrogen) atoms. The third kappa shape index (κ3) is 6.10. The van der Waals surface area contributed by atoms with Crippen LogP contribution in [0.1, 0.15) is 32.6 Å². The Hall–Kier alpha value is -0.420. The van der Waals surface area contributed by atoms with E-state index in [2.05, 4.69) is 0 Å². The Bertz CT molecular complexity index is 156. The molecule has 0 amide bonds. The summed E-state index contributed by atoms with van der Waals surface area (Å²) in [5.41, 5.74) is 0. The van der Waals surface area contributed by atoms with Crippen LogP contribution in [-0.2, 0) is 0 Å². The van der Waals surface area contributed by atoms with Crippen molar-refractivity contribution in [3.05, 3.63) is 0 Å². The van der Waals surface area contributed by atoms with Crippen LogP contribution in [0, 0.1) is 5.92 Å². The molecule has 0 saturated carbocycles. The molecule has 0 aromatic rings. The standard InChI is InChI=1S/C8H12F6/c1-2-3-4-6(8(12,13)14)5-7(9,10)11/h6H,2-5H2,1H3. The largest absolute Gasteiger partial charge is 0.392 e. The Balaban J connectivity index is 4.26. The van der Waals surface area contributed by atoms with Crippen LogP contribution in [0.15, 0.2) is 0 Å². The van der Waals surface area contributed by atoms with Crippen molar-refractivity contribution in [3.8, 4) is 0 Å². The van der Waals surface area contributed by atoms with E-state index >= 15 is 0 Å². The number of halogens is 6. The summed E-state index contributed by atoms with van der Waals surface area (Å²) >= 11 is 0. The van der Waals surface area contributed by atoms with Crippen LogP contribution in [0.25, 0.3) is 0 Å². The van der Waals surface area contributed by atoms with Crippen LogP contribution in [0.2, 0.25) is 0 Å². The van der Waals surface area contributed by atoms with E-state index < -0.39 is 31.1 Å². The first-order chi connectivity index (χ1) is 6.17. The molecule has 0 spiro atoms. The van der Waals surface area contributed by atoms with Gasteiger partial charge in [-0.3, -0.25) is 0 Å². The van der Waals surface area contributed by atoms with E-state index in [9.17, 15) is 26.3 Å². The lowest BCUT2D eigenvalue weighted by Gasteiger charge is -2.21. The van der Waals surface area contributed by atoms with Gasteiger partial charge < -0.3 is 0 Å². The highest BCUT2D eigenvalue weighted by molar-refractivity contribution is 4.71. The van der Waals surface area contributed by atoms with Gasteiger partial charge in [0.15, 0.2) is 0 Å². The molecule has 0 fully saturated rings. The molecule has 0 aromatic heterocycles. The Morgan fingerprint density at radius 1 is 1.00 bits per heavy atom. The summed E-state index contributed by atoms with van der Waals surface area (Å²) in [6.45, 7) is 1.64. The van der Waals surface area contributed by atoms with Gasteiger partial charge in [0.25, 0.3) is 0 Å². The van der Waals surface area contributed by atoms with E-state index in [0.29, 0.717) is 6.42 Å². The predicted octanol–water partition coefficient (Wildman–Crippen LogP) is 4.31. The summed E-state index contributed by atoms with van der Waals surface area (Å²) in [7, 11) is 0. The van der Waals surface area contributed by atoms with Gasteiger partial charge in [-0.1, -0.05) is 19.8 Å². The molecule has 0 saturated heterocycles. The fourth-order valence-electron chi connectivity index (χ4n) is 1.11. The molecule has 6 heteroatoms. The molecular weight excluding hydrogens is 210 g/mol. The van der Waals surface area contributed by atoms with Crippen molar-refractivity contribution in [3.63, 3.8) is 0 Å². The van der Waals surface area contributed by atoms with Crippen molar-refractivity contribution in [2.45, 2.75) is 45.0 Å². The molecule has 0 aliphatic rings. The van der Waals surface area contributed by atoms with Gasteiger partial charge in [0.1, 0.15) is 0 Å². The van der Waals surface area contributed by atoms with Crippen molar-refractivity contribution in [2.24, 2.45) is 5.92 Å². The minimum Gasteiger partial charge on any atom is -0.171 e. The highest BCUT2D eigenvalue weighted by Crippen LogP contribution is 2.38. The molecule has 0 radical (unpaired) electrons. The van der Waals surface area contributed by atoms with E-state index in [1.807, 2.05) is 0 Å². The smallest absolute Gasteiger partial charge is 0.171 e. The van der Waals surface area contributed by atoms with Crippen LogP contribution in [-0.4, -0.2) is 12.4 Å². The molecule has 1 atom stereocenters. The summed E-state index contributed by atoms with van der Waals surface area (Å²) in [6, 6.07) is 0. The number of rotatable bonds is 4. The predicted molar refractivity (Wildman–Crippen MR) is 39.7 cm³/mol. The minimum absolute atomic E-state index is 0.167. The summed E-state index contributed by atoms with van der Waals surface area (Å²) < 4.78 is 71.5. The van der Waals surface area contributed by atoms with Crippen molar-refractivity contribution in [1.82, 2.24) is 0 Å². The van der Waals surface area contributed by atoms with E-state index in [1.165, 1.54) is 0 Å². The maximum Gasteiger partial charge on any atom is 0.392 e. The molecule has 0 aliphatic carbocycles. The lowest BCUT2D eigenvalue weighted by molar-refractivity contribution is -0.220. The lowest BCUT2D eigenvalue weighted by atomic mass is 9.98. The van der Waals surface area contributed by atoms with Crippen LogP contribution >= 0.6 is 0 Å². The van der Waals surface area contributed by atoms with Gasteiger partial charge in [-0.15, -0.1) is 0 Å². The van der Waals surface area contributed by atoms with E-state index in [4.69, 9.17) is 0 Å². The first-order valence-electron chi connectivity index (χ1n) is 4.30. The SMILES string of the molecule is CCCCC(CC(F)(F)F)C(F)(F)F. The molecule has 0 rings (SSSR count). The fraction of sp³-hybridized carbons (Fsp3) is 1.00. The van der Waals surface area contributed by atoms with Crippen molar-refractivity contribution in [1.29, 1.82) is 0 Å². The van der Waals surface area contributed by atoms with Gasteiger partial charge in [-0.05, 0) is 6.42 Å². The maximum absolute atomic E-state index is 12.1. The Morgan fingerprint density at radius 2 is 1.50 bits per heavy atom. The quantitative estimate of drug-likeness (QED) is 0.622. The number of hydrogen-bond acceptors (Lipinski definition) is 0. The Morgan fingerprint density at radius 3 is 1.79 bits per heavy atom. The van der Waals surface area contributed by atoms with Crippen LogP contribution < -0.4 is 0 Å². The van der Waals surface area contributed by atoms with E-state index in [1.54, 1.807) is 6.92 Å². The van der Waals surface area contributed by atoms with Gasteiger partial charge in [0.05, 0.1) is 12.3 Å². The second-order valence-corrected chi connectivity index (χ2v) is 3.20. The molecule has 0 aromatic carbocycles. The topological polar surface area (TPSA) is 0 Å². The summed E-state index contributed by atoms with van der Waals surface area (Å²) in [5, 5.41) is 0. The van der Waals surface area contributed by atoms with Gasteiger partial charge in [0.2, 0.25) is 0 Å². The highest BCUT2D eigenvalue weighted by atomic mass is 19.4. The molecule has 0 bridgehead atoms. The van der Waals surface area contributed by atoms with Crippen molar-refractivity contribution in [2.75, 3.05) is 0 Å². The van der Waals surface area contributed by atoms with Gasteiger partial charge in [0, 0.05) is 0 Å². The molecule has 0 aliphatic heterocycles. The lowest BCUT2D eigenvalue weighted by Crippen LogP contribution is -2.28. The second-order valence-electron chi connectivity index (χ2n) is 3.20. The fourth-order valence-corrected chi connectivity index (χ4v) is 1.11. The maximum atomic E-state index is 12.1. The van der Waals surface area contributed by atoms with Gasteiger partial charge in [-0.2, -0.15) is 26.3 Å². The Kier molecular flexibility index (Phi) is 4.74. The molecular formula is C8H12F6. The summed E-state index contributed by atoms with van der Waals surface area (Å²) in [6.07, 6.45) is -11.1. The molecule has 86 valence electrons.